The smallest absolute Gasteiger partial charge is 0.320 e. The number of nitrogens with two attached hydrogens (primary N) is 1. The molecule has 27 heavy (non-hydrogen) atoms. The number of imidazole rings is 1. The number of hydrogen-bond acceptors (Lipinski definition) is 8. The minimum absolute atomic E-state index is 0.0884. The van der Waals surface area contributed by atoms with Crippen LogP contribution in [0.25, 0.3) is 11.2 Å². The average Bonchev–Trinajstić information content (AvgIpc) is 2.97. The van der Waals surface area contributed by atoms with Crippen molar-refractivity contribution in [3.63, 3.8) is 0 Å². The van der Waals surface area contributed by atoms with E-state index >= 15 is 0 Å². The Kier molecular flexibility index (Phi) is 4.45. The summed E-state index contributed by atoms with van der Waals surface area (Å²) >= 11 is 0. The highest BCUT2D eigenvalue weighted by Crippen LogP contribution is 2.22. The topological polar surface area (TPSA) is 130 Å². The van der Waals surface area contributed by atoms with Crippen LogP contribution in [0.1, 0.15) is 17.8 Å². The predicted molar refractivity (Wildman–Crippen MR) is 96.4 cm³/mol. The van der Waals surface area contributed by atoms with E-state index in [1.165, 1.54) is 0 Å². The molecule has 2 aliphatic rings. The van der Waals surface area contributed by atoms with Crippen molar-refractivity contribution in [3.05, 3.63) is 29.7 Å². The third kappa shape index (κ3) is 3.59. The SMILES string of the molecule is Cc1nc2c(N)nc3nc2n1Cc1ccc(nc1)OCC(=O)NCCCO3. The van der Waals surface area contributed by atoms with E-state index in [2.05, 4.69) is 25.3 Å². The lowest BCUT2D eigenvalue weighted by molar-refractivity contribution is -0.123. The summed E-state index contributed by atoms with van der Waals surface area (Å²) in [5.74, 6) is 1.20. The number of rotatable bonds is 0. The molecule has 5 heterocycles. The summed E-state index contributed by atoms with van der Waals surface area (Å²) in [4.78, 5) is 29.1. The van der Waals surface area contributed by atoms with E-state index in [1.54, 1.807) is 12.3 Å². The quantitative estimate of drug-likeness (QED) is 0.584. The van der Waals surface area contributed by atoms with Crippen molar-refractivity contribution >= 4 is 22.9 Å². The van der Waals surface area contributed by atoms with Crippen molar-refractivity contribution < 1.29 is 14.3 Å². The lowest BCUT2D eigenvalue weighted by atomic mass is 10.3. The molecule has 3 aromatic rings. The van der Waals surface area contributed by atoms with Gasteiger partial charge in [-0.05, 0) is 18.9 Å². The minimum atomic E-state index is -0.218. The van der Waals surface area contributed by atoms with E-state index in [1.807, 2.05) is 17.6 Å². The number of nitrogens with one attached hydrogen (secondary N) is 1. The first kappa shape index (κ1) is 17.0. The summed E-state index contributed by atoms with van der Waals surface area (Å²) < 4.78 is 12.9. The number of amides is 1. The van der Waals surface area contributed by atoms with Crippen LogP contribution >= 0.6 is 0 Å². The Hall–Kier alpha value is -3.43. The molecule has 0 radical (unpaired) electrons. The van der Waals surface area contributed by atoms with E-state index in [-0.39, 0.29) is 24.3 Å². The van der Waals surface area contributed by atoms with E-state index in [9.17, 15) is 4.79 Å². The zero-order valence-corrected chi connectivity index (χ0v) is 14.8. The Morgan fingerprint density at radius 2 is 2.11 bits per heavy atom. The fourth-order valence-electron chi connectivity index (χ4n) is 2.79. The zero-order valence-electron chi connectivity index (χ0n) is 14.8. The van der Waals surface area contributed by atoms with Gasteiger partial charge in [-0.2, -0.15) is 9.97 Å². The van der Waals surface area contributed by atoms with E-state index in [4.69, 9.17) is 15.2 Å². The third-order valence-electron chi connectivity index (χ3n) is 4.16. The van der Waals surface area contributed by atoms with Crippen LogP contribution in [0, 0.1) is 6.92 Å². The van der Waals surface area contributed by atoms with Crippen LogP contribution in [0.15, 0.2) is 18.3 Å². The van der Waals surface area contributed by atoms with Gasteiger partial charge in [0, 0.05) is 18.8 Å². The summed E-state index contributed by atoms with van der Waals surface area (Å²) in [5.41, 5.74) is 8.11. The van der Waals surface area contributed by atoms with Gasteiger partial charge in [0.15, 0.2) is 23.6 Å². The molecule has 4 bridgehead atoms. The fraction of sp³-hybridized carbons (Fsp3) is 0.353. The maximum Gasteiger partial charge on any atom is 0.320 e. The van der Waals surface area contributed by atoms with Gasteiger partial charge in [-0.3, -0.25) is 4.79 Å². The molecule has 0 spiro atoms. The molecule has 1 amide bonds. The highest BCUT2D eigenvalue weighted by molar-refractivity contribution is 5.82. The molecule has 140 valence electrons. The molecule has 0 atom stereocenters. The number of anilines is 1. The second-order valence-corrected chi connectivity index (χ2v) is 6.15. The van der Waals surface area contributed by atoms with Crippen molar-refractivity contribution in [2.75, 3.05) is 25.5 Å². The maximum absolute atomic E-state index is 11.8. The molecule has 2 aliphatic heterocycles. The fourth-order valence-corrected chi connectivity index (χ4v) is 2.79. The number of aromatic nitrogens is 5. The molecular formula is C17H19N7O3. The molecule has 0 fully saturated rings. The first-order chi connectivity index (χ1) is 13.1. The normalized spacial score (nSPS) is 15.2. The third-order valence-corrected chi connectivity index (χ3v) is 4.16. The number of carbonyl (C=O) groups excluding carboxylic acids is 1. The first-order valence-corrected chi connectivity index (χ1v) is 8.58. The van der Waals surface area contributed by atoms with Gasteiger partial charge in [0.2, 0.25) is 5.88 Å². The first-order valence-electron chi connectivity index (χ1n) is 8.58. The molecule has 0 aliphatic carbocycles. The summed E-state index contributed by atoms with van der Waals surface area (Å²) in [7, 11) is 0. The van der Waals surface area contributed by atoms with Gasteiger partial charge in [0.05, 0.1) is 13.2 Å². The molecule has 5 rings (SSSR count). The highest BCUT2D eigenvalue weighted by Gasteiger charge is 2.16. The summed E-state index contributed by atoms with van der Waals surface area (Å²) in [5, 5.41) is 2.75. The van der Waals surface area contributed by atoms with Gasteiger partial charge in [0.25, 0.3) is 5.91 Å². The number of nitrogens with zero attached hydrogens (tertiary/aromatic N) is 5. The number of pyridine rings is 1. The van der Waals surface area contributed by atoms with Gasteiger partial charge < -0.3 is 25.1 Å². The van der Waals surface area contributed by atoms with Crippen molar-refractivity contribution in [2.24, 2.45) is 0 Å². The van der Waals surface area contributed by atoms with Crippen LogP contribution in [0.5, 0.6) is 11.9 Å². The van der Waals surface area contributed by atoms with Gasteiger partial charge >= 0.3 is 6.01 Å². The second-order valence-electron chi connectivity index (χ2n) is 6.15. The van der Waals surface area contributed by atoms with Crippen molar-refractivity contribution in [2.45, 2.75) is 19.9 Å². The second kappa shape index (κ2) is 7.06. The largest absolute Gasteiger partial charge is 0.468 e. The Labute approximate surface area is 154 Å². The minimum Gasteiger partial charge on any atom is -0.468 e. The Morgan fingerprint density at radius 3 is 2.93 bits per heavy atom. The van der Waals surface area contributed by atoms with Crippen LogP contribution in [0.2, 0.25) is 0 Å². The number of nitrogen functional groups attached to an aromatic ring is 1. The van der Waals surface area contributed by atoms with Gasteiger partial charge in [0.1, 0.15) is 5.82 Å². The van der Waals surface area contributed by atoms with Crippen LogP contribution in [0.4, 0.5) is 5.82 Å². The molecule has 3 N–H and O–H groups in total. The zero-order chi connectivity index (χ0) is 18.8. The number of aryl methyl sites for hydroxylation is 1. The molecule has 10 nitrogen and oxygen atoms in total. The molecule has 0 saturated carbocycles. The molecule has 0 aromatic carbocycles. The van der Waals surface area contributed by atoms with E-state index < -0.39 is 0 Å². The number of ether oxygens (including phenoxy) is 2. The lowest BCUT2D eigenvalue weighted by Gasteiger charge is -2.08. The van der Waals surface area contributed by atoms with Crippen molar-refractivity contribution in [3.8, 4) is 11.9 Å². The van der Waals surface area contributed by atoms with Crippen molar-refractivity contribution in [1.29, 1.82) is 0 Å². The standard InChI is InChI=1S/C17H19N7O3/c1-10-21-14-15(18)22-17-23-16(14)24(10)8-11-3-4-13(20-7-11)27-9-12(25)19-5-2-6-26-17/h3-4,7H,2,5-6,8-9H2,1H3,(H,19,25)(H2,18,22,23). The highest BCUT2D eigenvalue weighted by atomic mass is 16.5. The summed E-state index contributed by atoms with van der Waals surface area (Å²) in [6.45, 7) is 3.09. The molecular weight excluding hydrogens is 350 g/mol. The predicted octanol–water partition coefficient (Wildman–Crippen LogP) is 0.438. The average molecular weight is 369 g/mol. The number of fused-ring (bicyclic) bond motifs is 9. The summed E-state index contributed by atoms with van der Waals surface area (Å²) in [6, 6.07) is 3.80. The van der Waals surface area contributed by atoms with Gasteiger partial charge in [-0.1, -0.05) is 6.07 Å². The Balaban J connectivity index is 1.73. The summed E-state index contributed by atoms with van der Waals surface area (Å²) in [6.07, 6.45) is 2.29. The van der Waals surface area contributed by atoms with Crippen LogP contribution in [0.3, 0.4) is 0 Å². The molecule has 3 aromatic heterocycles. The molecule has 0 unspecified atom stereocenters. The monoisotopic (exact) mass is 369 g/mol. The van der Waals surface area contributed by atoms with Gasteiger partial charge in [-0.15, -0.1) is 0 Å². The van der Waals surface area contributed by atoms with Crippen molar-refractivity contribution in [1.82, 2.24) is 29.8 Å². The Bertz CT molecular complexity index is 984. The van der Waals surface area contributed by atoms with E-state index in [0.29, 0.717) is 43.2 Å². The number of carbonyl (C=O) groups is 1. The molecule has 0 saturated heterocycles. The Morgan fingerprint density at radius 1 is 1.22 bits per heavy atom. The maximum atomic E-state index is 11.8. The van der Waals surface area contributed by atoms with Crippen LogP contribution < -0.4 is 20.5 Å². The van der Waals surface area contributed by atoms with E-state index in [0.717, 1.165) is 11.4 Å². The number of hydrogen-bond donors (Lipinski definition) is 2. The van der Waals surface area contributed by atoms with Gasteiger partial charge in [-0.25, -0.2) is 9.97 Å². The lowest BCUT2D eigenvalue weighted by Crippen LogP contribution is -2.30. The van der Waals surface area contributed by atoms with Crippen LogP contribution in [-0.4, -0.2) is 50.2 Å². The van der Waals surface area contributed by atoms with Crippen LogP contribution in [-0.2, 0) is 11.3 Å². The molecule has 10 heteroatoms.